The smallest absolute Gasteiger partial charge is 0.292 e. The minimum absolute atomic E-state index is 0.0459. The van der Waals surface area contributed by atoms with E-state index in [4.69, 9.17) is 9.26 Å². The van der Waals surface area contributed by atoms with Crippen LogP contribution in [0, 0.1) is 0 Å². The number of hydrogen-bond acceptors (Lipinski definition) is 6. The molecule has 0 aliphatic carbocycles. The van der Waals surface area contributed by atoms with Gasteiger partial charge in [0.1, 0.15) is 5.75 Å². The molecule has 25 heavy (non-hydrogen) atoms. The minimum Gasteiger partial charge on any atom is -0.496 e. The Labute approximate surface area is 144 Å². The maximum atomic E-state index is 12.4. The molecule has 2 heterocycles. The second kappa shape index (κ2) is 7.54. The van der Waals surface area contributed by atoms with Gasteiger partial charge in [0, 0.05) is 38.3 Å². The number of benzene rings is 1. The molecule has 134 valence electrons. The number of aliphatic hydroxyl groups is 1. The first-order valence-corrected chi connectivity index (χ1v) is 8.07. The molecule has 8 heteroatoms. The van der Waals surface area contributed by atoms with Crippen LogP contribution in [0.25, 0.3) is 0 Å². The molecule has 2 N–H and O–H groups in total. The molecule has 1 aromatic heterocycles. The van der Waals surface area contributed by atoms with Gasteiger partial charge in [-0.2, -0.15) is 5.16 Å². The number of para-hydroxylation sites is 1. The third-order valence-corrected chi connectivity index (χ3v) is 4.19. The monoisotopic (exact) mass is 347 g/mol. The summed E-state index contributed by atoms with van der Waals surface area (Å²) in [6, 6.07) is 8.84. The zero-order valence-electron chi connectivity index (χ0n) is 14.0. The van der Waals surface area contributed by atoms with Crippen molar-refractivity contribution in [3.05, 3.63) is 52.0 Å². The molecular weight excluding hydrogens is 326 g/mol. The fourth-order valence-corrected chi connectivity index (χ4v) is 3.00. The average molecular weight is 347 g/mol. The van der Waals surface area contributed by atoms with Crippen LogP contribution in [0.4, 0.5) is 0 Å². The van der Waals surface area contributed by atoms with Crippen LogP contribution in [-0.4, -0.2) is 65.4 Å². The Hall–Kier alpha value is -2.58. The number of hydrogen-bond donors (Lipinski definition) is 2. The van der Waals surface area contributed by atoms with Gasteiger partial charge in [-0.25, -0.2) is 0 Å². The van der Waals surface area contributed by atoms with Crippen molar-refractivity contribution in [1.29, 1.82) is 0 Å². The van der Waals surface area contributed by atoms with Crippen LogP contribution in [0.2, 0.25) is 0 Å². The summed E-state index contributed by atoms with van der Waals surface area (Å²) in [4.78, 5) is 27.1. The van der Waals surface area contributed by atoms with E-state index in [2.05, 4.69) is 10.1 Å². The van der Waals surface area contributed by atoms with Gasteiger partial charge in [-0.3, -0.25) is 14.5 Å². The number of carbonyl (C=O) groups excluding carboxylic acids is 1. The lowest BCUT2D eigenvalue weighted by Crippen LogP contribution is -2.37. The zero-order valence-corrected chi connectivity index (χ0v) is 14.0. The van der Waals surface area contributed by atoms with E-state index in [1.54, 1.807) is 7.11 Å². The van der Waals surface area contributed by atoms with E-state index in [0.717, 1.165) is 17.4 Å². The van der Waals surface area contributed by atoms with Crippen LogP contribution in [-0.2, 0) is 6.54 Å². The molecular formula is C17H21N3O5. The lowest BCUT2D eigenvalue weighted by atomic mass is 10.2. The number of aromatic amines is 1. The third-order valence-electron chi connectivity index (χ3n) is 4.19. The van der Waals surface area contributed by atoms with Gasteiger partial charge in [0.25, 0.3) is 11.5 Å². The Morgan fingerprint density at radius 1 is 1.36 bits per heavy atom. The quantitative estimate of drug-likeness (QED) is 0.825. The molecule has 8 nitrogen and oxygen atoms in total. The van der Waals surface area contributed by atoms with Crippen LogP contribution in [0.5, 0.6) is 5.75 Å². The summed E-state index contributed by atoms with van der Waals surface area (Å²) >= 11 is 0. The van der Waals surface area contributed by atoms with Gasteiger partial charge in [-0.15, -0.1) is 0 Å². The lowest BCUT2D eigenvalue weighted by molar-refractivity contribution is 0.0625. The molecule has 1 aliphatic heterocycles. The van der Waals surface area contributed by atoms with Gasteiger partial charge in [0.05, 0.1) is 19.3 Å². The van der Waals surface area contributed by atoms with Crippen LogP contribution in [0.1, 0.15) is 16.1 Å². The highest BCUT2D eigenvalue weighted by atomic mass is 16.5. The van der Waals surface area contributed by atoms with E-state index >= 15 is 0 Å². The van der Waals surface area contributed by atoms with Crippen molar-refractivity contribution in [2.75, 3.05) is 33.3 Å². The van der Waals surface area contributed by atoms with Crippen LogP contribution in [0.3, 0.4) is 0 Å². The van der Waals surface area contributed by atoms with Gasteiger partial charge >= 0.3 is 0 Å². The molecule has 1 fully saturated rings. The van der Waals surface area contributed by atoms with Crippen molar-refractivity contribution in [3.8, 4) is 5.75 Å². The first kappa shape index (κ1) is 17.2. The lowest BCUT2D eigenvalue weighted by Gasteiger charge is -2.22. The highest BCUT2D eigenvalue weighted by Crippen LogP contribution is 2.20. The van der Waals surface area contributed by atoms with Gasteiger partial charge < -0.3 is 19.3 Å². The Balaban J connectivity index is 1.68. The van der Waals surface area contributed by atoms with E-state index in [-0.39, 0.29) is 12.3 Å². The molecule has 1 amide bonds. The number of methoxy groups -OCH3 is 1. The van der Waals surface area contributed by atoms with Crippen molar-refractivity contribution < 1.29 is 19.2 Å². The number of aromatic nitrogens is 1. The summed E-state index contributed by atoms with van der Waals surface area (Å²) in [5.74, 6) is 0.343. The van der Waals surface area contributed by atoms with E-state index in [0.29, 0.717) is 26.2 Å². The van der Waals surface area contributed by atoms with Crippen molar-refractivity contribution in [1.82, 2.24) is 15.0 Å². The van der Waals surface area contributed by atoms with Crippen molar-refractivity contribution in [2.45, 2.75) is 12.6 Å². The summed E-state index contributed by atoms with van der Waals surface area (Å²) in [6.07, 6.45) is -0.688. The molecule has 0 spiro atoms. The topological polar surface area (TPSA) is 99.0 Å². The fraction of sp³-hybridized carbons (Fsp3) is 0.412. The highest BCUT2D eigenvalue weighted by Gasteiger charge is 2.27. The molecule has 1 aromatic carbocycles. The molecule has 2 aromatic rings. The van der Waals surface area contributed by atoms with Crippen molar-refractivity contribution in [3.63, 3.8) is 0 Å². The summed E-state index contributed by atoms with van der Waals surface area (Å²) in [5, 5.41) is 12.4. The molecule has 1 saturated heterocycles. The van der Waals surface area contributed by atoms with Gasteiger partial charge in [0.15, 0.2) is 0 Å². The number of aliphatic hydroxyl groups excluding tert-OH is 1. The van der Waals surface area contributed by atoms with Gasteiger partial charge in [-0.05, 0) is 6.07 Å². The van der Waals surface area contributed by atoms with Gasteiger partial charge in [-0.1, -0.05) is 18.2 Å². The van der Waals surface area contributed by atoms with Crippen molar-refractivity contribution in [2.24, 2.45) is 0 Å². The average Bonchev–Trinajstić information content (AvgIpc) is 2.95. The minimum atomic E-state index is -0.688. The largest absolute Gasteiger partial charge is 0.496 e. The summed E-state index contributed by atoms with van der Waals surface area (Å²) in [7, 11) is 1.63. The number of nitrogens with one attached hydrogen (secondary N) is 1. The summed E-state index contributed by atoms with van der Waals surface area (Å²) < 4.78 is 10.2. The maximum Gasteiger partial charge on any atom is 0.292 e. The zero-order chi connectivity index (χ0) is 17.8. The van der Waals surface area contributed by atoms with Gasteiger partial charge in [0.2, 0.25) is 5.76 Å². The number of amides is 1. The molecule has 3 rings (SSSR count). The molecule has 0 saturated carbocycles. The second-order valence-corrected chi connectivity index (χ2v) is 6.03. The van der Waals surface area contributed by atoms with Crippen LogP contribution < -0.4 is 10.3 Å². The number of β-amino-alcohol motifs (C(OH)–C–C–N with tert-alkyl or cyclic N) is 1. The molecule has 1 aliphatic rings. The van der Waals surface area contributed by atoms with E-state index < -0.39 is 17.6 Å². The Morgan fingerprint density at radius 2 is 2.16 bits per heavy atom. The number of carbonyl (C=O) groups is 1. The normalized spacial score (nSPS) is 18.8. The predicted molar refractivity (Wildman–Crippen MR) is 89.5 cm³/mol. The Kier molecular flexibility index (Phi) is 5.20. The number of ether oxygens (including phenoxy) is 1. The Bertz CT molecular complexity index is 784. The van der Waals surface area contributed by atoms with E-state index in [1.165, 1.54) is 4.90 Å². The highest BCUT2D eigenvalue weighted by molar-refractivity contribution is 5.91. The molecule has 1 atom stereocenters. The molecule has 0 radical (unpaired) electrons. The number of nitrogens with zero attached hydrogens (tertiary/aromatic N) is 2. The van der Waals surface area contributed by atoms with Crippen molar-refractivity contribution >= 4 is 5.91 Å². The maximum absolute atomic E-state index is 12.4. The third kappa shape index (κ3) is 4.09. The van der Waals surface area contributed by atoms with E-state index in [1.807, 2.05) is 24.3 Å². The fourth-order valence-electron chi connectivity index (χ4n) is 3.00. The predicted octanol–water partition coefficient (Wildman–Crippen LogP) is 0.295. The Morgan fingerprint density at radius 3 is 2.88 bits per heavy atom. The van der Waals surface area contributed by atoms with Crippen LogP contribution in [0.15, 0.2) is 39.6 Å². The standard InChI is InChI=1S/C17H21N3O5/c1-24-14-5-3-2-4-12(14)9-19-6-7-20(11-13(21)10-19)17(23)15-8-16(22)18-25-15/h2-5,8,13,21H,6-7,9-11H2,1H3,(H,18,22). The van der Waals surface area contributed by atoms with Crippen LogP contribution >= 0.6 is 0 Å². The number of H-pyrrole nitrogens is 1. The summed E-state index contributed by atoms with van der Waals surface area (Å²) in [6.45, 7) is 2.27. The summed E-state index contributed by atoms with van der Waals surface area (Å²) in [5.41, 5.74) is 0.560. The SMILES string of the molecule is COc1ccccc1CN1CCN(C(=O)c2cc(=O)[nH]o2)CC(O)C1. The van der Waals surface area contributed by atoms with E-state index in [9.17, 15) is 14.7 Å². The first-order valence-electron chi connectivity index (χ1n) is 8.07. The first-order chi connectivity index (χ1) is 12.1. The second-order valence-electron chi connectivity index (χ2n) is 6.03. The number of rotatable bonds is 4. The molecule has 1 unspecified atom stereocenters. The molecule has 0 bridgehead atoms.